The van der Waals surface area contributed by atoms with E-state index in [4.69, 9.17) is 5.73 Å². The molecular weight excluding hydrogens is 260 g/mol. The van der Waals surface area contributed by atoms with Gasteiger partial charge >= 0.3 is 0 Å². The molecule has 0 aliphatic rings. The maximum Gasteiger partial charge on any atom is 0.227 e. The second-order valence-corrected chi connectivity index (χ2v) is 5.27. The molecule has 0 saturated carbocycles. The van der Waals surface area contributed by atoms with Crippen LogP contribution in [-0.4, -0.2) is 13.0 Å². The average molecular weight is 282 g/mol. The minimum absolute atomic E-state index is 0.109. The van der Waals surface area contributed by atoms with Gasteiger partial charge in [0.2, 0.25) is 5.91 Å². The lowest BCUT2D eigenvalue weighted by Gasteiger charge is -2.20. The number of benzene rings is 2. The fourth-order valence-electron chi connectivity index (χ4n) is 2.43. The van der Waals surface area contributed by atoms with Crippen molar-refractivity contribution in [2.45, 2.75) is 26.3 Å². The number of amides is 1. The number of hydrogen-bond acceptors (Lipinski definition) is 2. The number of aryl methyl sites for hydroxylation is 2. The van der Waals surface area contributed by atoms with Gasteiger partial charge < -0.3 is 10.6 Å². The molecular formula is C18H22N2O. The van der Waals surface area contributed by atoms with E-state index in [1.807, 2.05) is 37.4 Å². The lowest BCUT2D eigenvalue weighted by atomic mass is 10.1. The molecule has 0 aliphatic carbocycles. The first-order chi connectivity index (χ1) is 10.1. The first-order valence-electron chi connectivity index (χ1n) is 7.22. The van der Waals surface area contributed by atoms with E-state index < -0.39 is 0 Å². The lowest BCUT2D eigenvalue weighted by Crippen LogP contribution is -2.27. The molecule has 0 saturated heterocycles. The third kappa shape index (κ3) is 3.92. The summed E-state index contributed by atoms with van der Waals surface area (Å²) >= 11 is 0. The van der Waals surface area contributed by atoms with E-state index in [0.29, 0.717) is 13.0 Å². The number of carbonyl (C=O) groups excluding carboxylic acids is 1. The highest BCUT2D eigenvalue weighted by Crippen LogP contribution is 2.19. The SMILES string of the molecule is Cc1cccc(CCC(=O)N(C)c2ccccc2CN)c1. The Morgan fingerprint density at radius 2 is 1.90 bits per heavy atom. The Bertz CT molecular complexity index is 622. The van der Waals surface area contributed by atoms with Crippen LogP contribution in [0.3, 0.4) is 0 Å². The summed E-state index contributed by atoms with van der Waals surface area (Å²) in [6.45, 7) is 2.50. The zero-order valence-corrected chi connectivity index (χ0v) is 12.7. The Balaban J connectivity index is 2.03. The number of nitrogens with zero attached hydrogens (tertiary/aromatic N) is 1. The molecule has 2 N–H and O–H groups in total. The zero-order chi connectivity index (χ0) is 15.2. The van der Waals surface area contributed by atoms with Gasteiger partial charge in [-0.05, 0) is 30.5 Å². The van der Waals surface area contributed by atoms with Gasteiger partial charge in [-0.1, -0.05) is 48.0 Å². The minimum Gasteiger partial charge on any atom is -0.326 e. The summed E-state index contributed by atoms with van der Waals surface area (Å²) in [5.41, 5.74) is 10.0. The molecule has 0 heterocycles. The Hall–Kier alpha value is -2.13. The molecule has 0 aromatic heterocycles. The second kappa shape index (κ2) is 7.04. The fourth-order valence-corrected chi connectivity index (χ4v) is 2.43. The summed E-state index contributed by atoms with van der Waals surface area (Å²) in [5, 5.41) is 0. The Kier molecular flexibility index (Phi) is 5.12. The van der Waals surface area contributed by atoms with Crippen LogP contribution in [-0.2, 0) is 17.8 Å². The van der Waals surface area contributed by atoms with Crippen molar-refractivity contribution in [2.75, 3.05) is 11.9 Å². The molecule has 0 unspecified atom stereocenters. The van der Waals surface area contributed by atoms with E-state index in [9.17, 15) is 4.79 Å². The van der Waals surface area contributed by atoms with Crippen molar-refractivity contribution in [1.29, 1.82) is 0 Å². The van der Waals surface area contributed by atoms with Gasteiger partial charge in [0.15, 0.2) is 0 Å². The molecule has 3 nitrogen and oxygen atoms in total. The van der Waals surface area contributed by atoms with Gasteiger partial charge in [-0.3, -0.25) is 4.79 Å². The van der Waals surface area contributed by atoms with Crippen LogP contribution in [0.1, 0.15) is 23.1 Å². The van der Waals surface area contributed by atoms with Crippen molar-refractivity contribution >= 4 is 11.6 Å². The zero-order valence-electron chi connectivity index (χ0n) is 12.7. The normalized spacial score (nSPS) is 10.4. The van der Waals surface area contributed by atoms with E-state index in [1.54, 1.807) is 4.90 Å². The highest BCUT2D eigenvalue weighted by Gasteiger charge is 2.13. The van der Waals surface area contributed by atoms with Crippen molar-refractivity contribution in [2.24, 2.45) is 5.73 Å². The minimum atomic E-state index is 0.109. The van der Waals surface area contributed by atoms with E-state index in [-0.39, 0.29) is 5.91 Å². The molecule has 3 heteroatoms. The molecule has 2 aromatic carbocycles. The predicted octanol–water partition coefficient (Wildman–Crippen LogP) is 3.05. The molecule has 0 bridgehead atoms. The van der Waals surface area contributed by atoms with Crippen LogP contribution < -0.4 is 10.6 Å². The molecule has 1 amide bonds. The Labute approximate surface area is 126 Å². The van der Waals surface area contributed by atoms with Gasteiger partial charge in [0.1, 0.15) is 0 Å². The molecule has 110 valence electrons. The molecule has 0 fully saturated rings. The summed E-state index contributed by atoms with van der Waals surface area (Å²) in [6, 6.07) is 16.1. The summed E-state index contributed by atoms with van der Waals surface area (Å²) in [6.07, 6.45) is 1.26. The monoisotopic (exact) mass is 282 g/mol. The van der Waals surface area contributed by atoms with E-state index in [0.717, 1.165) is 17.7 Å². The average Bonchev–Trinajstić information content (AvgIpc) is 2.52. The summed E-state index contributed by atoms with van der Waals surface area (Å²) < 4.78 is 0. The molecule has 2 aromatic rings. The molecule has 0 atom stereocenters. The van der Waals surface area contributed by atoms with Gasteiger partial charge in [-0.25, -0.2) is 0 Å². The van der Waals surface area contributed by atoms with Crippen molar-refractivity contribution in [1.82, 2.24) is 0 Å². The van der Waals surface area contributed by atoms with E-state index in [1.165, 1.54) is 11.1 Å². The van der Waals surface area contributed by atoms with Crippen LogP contribution in [0.5, 0.6) is 0 Å². The highest BCUT2D eigenvalue weighted by molar-refractivity contribution is 5.93. The third-order valence-corrected chi connectivity index (χ3v) is 3.66. The summed E-state index contributed by atoms with van der Waals surface area (Å²) in [7, 11) is 1.81. The highest BCUT2D eigenvalue weighted by atomic mass is 16.2. The van der Waals surface area contributed by atoms with Crippen LogP contribution >= 0.6 is 0 Å². The molecule has 0 spiro atoms. The number of anilines is 1. The van der Waals surface area contributed by atoms with Gasteiger partial charge in [0.05, 0.1) is 0 Å². The number of rotatable bonds is 5. The van der Waals surface area contributed by atoms with Crippen LogP contribution in [0.4, 0.5) is 5.69 Å². The maximum absolute atomic E-state index is 12.4. The van der Waals surface area contributed by atoms with Crippen molar-refractivity contribution in [3.05, 3.63) is 65.2 Å². The number of hydrogen-bond donors (Lipinski definition) is 1. The second-order valence-electron chi connectivity index (χ2n) is 5.27. The first-order valence-corrected chi connectivity index (χ1v) is 7.22. The molecule has 0 radical (unpaired) electrons. The number of nitrogens with two attached hydrogens (primary N) is 1. The quantitative estimate of drug-likeness (QED) is 0.916. The topological polar surface area (TPSA) is 46.3 Å². The number of carbonyl (C=O) groups is 1. The van der Waals surface area contributed by atoms with Crippen molar-refractivity contribution in [3.63, 3.8) is 0 Å². The summed E-state index contributed by atoms with van der Waals surface area (Å²) in [4.78, 5) is 14.1. The molecule has 2 rings (SSSR count). The van der Waals surface area contributed by atoms with E-state index in [2.05, 4.69) is 25.1 Å². The van der Waals surface area contributed by atoms with Crippen LogP contribution in [0.25, 0.3) is 0 Å². The number of para-hydroxylation sites is 1. The summed E-state index contributed by atoms with van der Waals surface area (Å²) in [5.74, 6) is 0.109. The van der Waals surface area contributed by atoms with Gasteiger partial charge in [0, 0.05) is 25.7 Å². The smallest absolute Gasteiger partial charge is 0.227 e. The predicted molar refractivity (Wildman–Crippen MR) is 87.2 cm³/mol. The fraction of sp³-hybridized carbons (Fsp3) is 0.278. The third-order valence-electron chi connectivity index (χ3n) is 3.66. The maximum atomic E-state index is 12.4. The molecule has 0 aliphatic heterocycles. The van der Waals surface area contributed by atoms with Gasteiger partial charge in [0.25, 0.3) is 0 Å². The van der Waals surface area contributed by atoms with Crippen LogP contribution in [0.15, 0.2) is 48.5 Å². The Morgan fingerprint density at radius 3 is 2.62 bits per heavy atom. The Morgan fingerprint density at radius 1 is 1.14 bits per heavy atom. The van der Waals surface area contributed by atoms with Gasteiger partial charge in [-0.2, -0.15) is 0 Å². The van der Waals surface area contributed by atoms with Crippen LogP contribution in [0.2, 0.25) is 0 Å². The van der Waals surface area contributed by atoms with Gasteiger partial charge in [-0.15, -0.1) is 0 Å². The van der Waals surface area contributed by atoms with Crippen molar-refractivity contribution in [3.8, 4) is 0 Å². The standard InChI is InChI=1S/C18H22N2O/c1-14-6-5-7-15(12-14)10-11-18(21)20(2)17-9-4-3-8-16(17)13-19/h3-9,12H,10-11,13,19H2,1-2H3. The first kappa shape index (κ1) is 15.3. The van der Waals surface area contributed by atoms with Crippen molar-refractivity contribution < 1.29 is 4.79 Å². The van der Waals surface area contributed by atoms with E-state index >= 15 is 0 Å². The largest absolute Gasteiger partial charge is 0.326 e. The lowest BCUT2D eigenvalue weighted by molar-refractivity contribution is -0.118. The van der Waals surface area contributed by atoms with Crippen LogP contribution in [0, 0.1) is 6.92 Å². The molecule has 21 heavy (non-hydrogen) atoms.